The van der Waals surface area contributed by atoms with E-state index in [1.165, 1.54) is 15.4 Å². The van der Waals surface area contributed by atoms with Gasteiger partial charge in [0.25, 0.3) is 0 Å². The summed E-state index contributed by atoms with van der Waals surface area (Å²) < 4.78 is 0. The largest absolute Gasteiger partial charge is 0.295 e. The molecule has 0 heterocycles. The highest BCUT2D eigenvalue weighted by molar-refractivity contribution is 8.03. The molecule has 0 amide bonds. The first kappa shape index (κ1) is 12.4. The summed E-state index contributed by atoms with van der Waals surface area (Å²) >= 11 is 1.71. The molecule has 17 heavy (non-hydrogen) atoms. The fourth-order valence-corrected chi connectivity index (χ4v) is 2.79. The summed E-state index contributed by atoms with van der Waals surface area (Å²) in [5, 5.41) is 0. The Bertz CT molecular complexity index is 449. The van der Waals surface area contributed by atoms with Crippen LogP contribution in [0.5, 0.6) is 0 Å². The van der Waals surface area contributed by atoms with E-state index in [9.17, 15) is 4.79 Å². The molecule has 1 aliphatic carbocycles. The van der Waals surface area contributed by atoms with E-state index in [1.54, 1.807) is 17.8 Å². The Morgan fingerprint density at radius 1 is 1.06 bits per heavy atom. The van der Waals surface area contributed by atoms with E-state index in [4.69, 9.17) is 0 Å². The molecule has 0 atom stereocenters. The molecule has 90 valence electrons. The van der Waals surface area contributed by atoms with Crippen molar-refractivity contribution in [2.45, 2.75) is 43.9 Å². The van der Waals surface area contributed by atoms with Crippen LogP contribution in [0.25, 0.3) is 0 Å². The second-order valence-corrected chi connectivity index (χ2v) is 6.65. The number of rotatable bonds is 2. The van der Waals surface area contributed by atoms with E-state index in [1.807, 2.05) is 0 Å². The fourth-order valence-electron chi connectivity index (χ4n) is 1.83. The van der Waals surface area contributed by atoms with Crippen molar-refractivity contribution in [3.05, 3.63) is 40.8 Å². The van der Waals surface area contributed by atoms with Crippen molar-refractivity contribution >= 4 is 17.5 Å². The minimum absolute atomic E-state index is 0.200. The zero-order chi connectivity index (χ0) is 12.5. The molecule has 0 fully saturated rings. The molecule has 0 bridgehead atoms. The molecule has 0 radical (unpaired) electrons. The minimum atomic E-state index is 0.200. The Morgan fingerprint density at radius 2 is 1.71 bits per heavy atom. The molecule has 0 saturated carbocycles. The van der Waals surface area contributed by atoms with Gasteiger partial charge >= 0.3 is 0 Å². The number of allylic oxidation sites excluding steroid dienone is 2. The molecule has 2 heteroatoms. The Balaban J connectivity index is 2.09. The van der Waals surface area contributed by atoms with Gasteiger partial charge in [0.05, 0.1) is 0 Å². The van der Waals surface area contributed by atoms with Gasteiger partial charge in [-0.2, -0.15) is 0 Å². The lowest BCUT2D eigenvalue weighted by Crippen LogP contribution is -2.10. The molecule has 0 aromatic heterocycles. The van der Waals surface area contributed by atoms with E-state index in [0.29, 0.717) is 6.42 Å². The van der Waals surface area contributed by atoms with Gasteiger partial charge in [-0.1, -0.05) is 44.7 Å². The van der Waals surface area contributed by atoms with Crippen molar-refractivity contribution in [2.24, 2.45) is 0 Å². The lowest BCUT2D eigenvalue weighted by atomic mass is 9.87. The van der Waals surface area contributed by atoms with Crippen molar-refractivity contribution in [2.75, 3.05) is 0 Å². The highest BCUT2D eigenvalue weighted by Gasteiger charge is 2.15. The van der Waals surface area contributed by atoms with Crippen LogP contribution in [-0.2, 0) is 10.2 Å². The van der Waals surface area contributed by atoms with Crippen LogP contribution >= 0.6 is 11.8 Å². The fraction of sp³-hybridized carbons (Fsp3) is 0.400. The average Bonchev–Trinajstić information content (AvgIpc) is 2.63. The van der Waals surface area contributed by atoms with Crippen LogP contribution in [0.4, 0.5) is 0 Å². The summed E-state index contributed by atoms with van der Waals surface area (Å²) in [5.41, 5.74) is 1.55. The van der Waals surface area contributed by atoms with Crippen LogP contribution in [0.1, 0.15) is 39.2 Å². The summed E-state index contributed by atoms with van der Waals surface area (Å²) in [4.78, 5) is 13.6. The number of carbonyl (C=O) groups is 1. The second kappa shape index (κ2) is 4.69. The van der Waals surface area contributed by atoms with E-state index >= 15 is 0 Å². The molecule has 0 unspecified atom stereocenters. The lowest BCUT2D eigenvalue weighted by Gasteiger charge is -2.19. The first-order chi connectivity index (χ1) is 7.95. The minimum Gasteiger partial charge on any atom is -0.295 e. The topological polar surface area (TPSA) is 17.1 Å². The van der Waals surface area contributed by atoms with Crippen LogP contribution in [0, 0.1) is 0 Å². The standard InChI is InChI=1S/C15H18OS/c1-15(2,3)11-4-7-13(8-5-11)17-14-9-6-12(16)10-14/h4-5,7-8,10H,6,9H2,1-3H3. The normalized spacial score (nSPS) is 16.2. The Morgan fingerprint density at radius 3 is 2.18 bits per heavy atom. The molecular formula is C15H18OS. The maximum absolute atomic E-state index is 11.1. The van der Waals surface area contributed by atoms with Gasteiger partial charge in [0.2, 0.25) is 0 Å². The number of thioether (sulfide) groups is 1. The number of carbonyl (C=O) groups excluding carboxylic acids is 1. The van der Waals surface area contributed by atoms with Gasteiger partial charge in [-0.15, -0.1) is 0 Å². The highest BCUT2D eigenvalue weighted by Crippen LogP contribution is 2.34. The molecule has 0 N–H and O–H groups in total. The maximum Gasteiger partial charge on any atom is 0.156 e. The van der Waals surface area contributed by atoms with E-state index in [2.05, 4.69) is 45.0 Å². The molecule has 0 aliphatic heterocycles. The van der Waals surface area contributed by atoms with Gasteiger partial charge in [-0.25, -0.2) is 0 Å². The quantitative estimate of drug-likeness (QED) is 0.773. The average molecular weight is 246 g/mol. The Kier molecular flexibility index (Phi) is 3.43. The molecule has 0 spiro atoms. The summed E-state index contributed by atoms with van der Waals surface area (Å²) in [5.74, 6) is 0.263. The third-order valence-corrected chi connectivity index (χ3v) is 4.00. The predicted octanol–water partition coefficient (Wildman–Crippen LogP) is 4.32. The van der Waals surface area contributed by atoms with E-state index < -0.39 is 0 Å². The lowest BCUT2D eigenvalue weighted by molar-refractivity contribution is -0.114. The molecule has 0 saturated heterocycles. The summed E-state index contributed by atoms with van der Waals surface area (Å²) in [6, 6.07) is 8.66. The van der Waals surface area contributed by atoms with Crippen LogP contribution < -0.4 is 0 Å². The third kappa shape index (κ3) is 3.22. The summed E-state index contributed by atoms with van der Waals surface area (Å²) in [6.45, 7) is 6.65. The van der Waals surface area contributed by atoms with Crippen molar-refractivity contribution in [3.63, 3.8) is 0 Å². The first-order valence-corrected chi connectivity index (χ1v) is 6.78. The number of hydrogen-bond donors (Lipinski definition) is 0. The Labute approximate surface area is 107 Å². The van der Waals surface area contributed by atoms with E-state index in [-0.39, 0.29) is 11.2 Å². The van der Waals surface area contributed by atoms with Crippen LogP contribution in [0.2, 0.25) is 0 Å². The third-order valence-electron chi connectivity index (χ3n) is 2.91. The second-order valence-electron chi connectivity index (χ2n) is 5.45. The Hall–Kier alpha value is -1.02. The molecule has 2 rings (SSSR count). The van der Waals surface area contributed by atoms with Crippen molar-refractivity contribution in [1.29, 1.82) is 0 Å². The number of benzene rings is 1. The zero-order valence-corrected chi connectivity index (χ0v) is 11.4. The van der Waals surface area contributed by atoms with Gasteiger partial charge in [0, 0.05) is 11.3 Å². The number of ketones is 1. The molecule has 1 nitrogen and oxygen atoms in total. The van der Waals surface area contributed by atoms with Crippen molar-refractivity contribution < 1.29 is 4.79 Å². The van der Waals surface area contributed by atoms with Crippen molar-refractivity contribution in [3.8, 4) is 0 Å². The van der Waals surface area contributed by atoms with Crippen LogP contribution in [0.3, 0.4) is 0 Å². The SMILES string of the molecule is CC(C)(C)c1ccc(SC2=CC(=O)CC2)cc1. The van der Waals surface area contributed by atoms with Gasteiger partial charge in [-0.05, 0) is 40.5 Å². The molecular weight excluding hydrogens is 228 g/mol. The van der Waals surface area contributed by atoms with E-state index in [0.717, 1.165) is 6.42 Å². The number of hydrogen-bond acceptors (Lipinski definition) is 2. The highest BCUT2D eigenvalue weighted by atomic mass is 32.2. The molecule has 1 aliphatic rings. The van der Waals surface area contributed by atoms with Crippen LogP contribution in [0.15, 0.2) is 40.1 Å². The molecule has 1 aromatic carbocycles. The van der Waals surface area contributed by atoms with Gasteiger partial charge in [0.1, 0.15) is 0 Å². The maximum atomic E-state index is 11.1. The van der Waals surface area contributed by atoms with Gasteiger partial charge in [-0.3, -0.25) is 4.79 Å². The van der Waals surface area contributed by atoms with Gasteiger partial charge in [0.15, 0.2) is 5.78 Å². The summed E-state index contributed by atoms with van der Waals surface area (Å²) in [7, 11) is 0. The zero-order valence-electron chi connectivity index (χ0n) is 10.6. The predicted molar refractivity (Wildman–Crippen MR) is 73.3 cm³/mol. The smallest absolute Gasteiger partial charge is 0.156 e. The molecule has 1 aromatic rings. The summed E-state index contributed by atoms with van der Waals surface area (Å²) in [6.07, 6.45) is 3.37. The first-order valence-electron chi connectivity index (χ1n) is 5.97. The monoisotopic (exact) mass is 246 g/mol. The van der Waals surface area contributed by atoms with Gasteiger partial charge < -0.3 is 0 Å². The van der Waals surface area contributed by atoms with Crippen LogP contribution in [-0.4, -0.2) is 5.78 Å². The van der Waals surface area contributed by atoms with Crippen molar-refractivity contribution in [1.82, 2.24) is 0 Å².